The highest BCUT2D eigenvalue weighted by Gasteiger charge is 2.28. The summed E-state index contributed by atoms with van der Waals surface area (Å²) in [6, 6.07) is 10.5. The van der Waals surface area contributed by atoms with Crippen molar-refractivity contribution in [3.63, 3.8) is 0 Å². The Bertz CT molecular complexity index is 1130. The number of fused-ring (bicyclic) bond motifs is 1. The second-order valence-corrected chi connectivity index (χ2v) is 6.95. The molecule has 28 heavy (non-hydrogen) atoms. The largest absolute Gasteiger partial charge is 0.348 e. The van der Waals surface area contributed by atoms with Gasteiger partial charge in [0.05, 0.1) is 12.2 Å². The van der Waals surface area contributed by atoms with Crippen molar-refractivity contribution in [2.45, 2.75) is 18.9 Å². The second-order valence-electron chi connectivity index (χ2n) is 6.95. The number of anilines is 1. The maximum atomic E-state index is 13.7. The summed E-state index contributed by atoms with van der Waals surface area (Å²) in [7, 11) is 0. The summed E-state index contributed by atoms with van der Waals surface area (Å²) < 4.78 is 15.3. The van der Waals surface area contributed by atoms with Crippen LogP contribution >= 0.6 is 0 Å². The second kappa shape index (κ2) is 6.60. The van der Waals surface area contributed by atoms with E-state index in [1.54, 1.807) is 16.6 Å². The fourth-order valence-electron chi connectivity index (χ4n) is 3.74. The molecule has 1 atom stereocenters. The molecule has 6 nitrogen and oxygen atoms in total. The Labute approximate surface area is 161 Å². The summed E-state index contributed by atoms with van der Waals surface area (Å²) in [5.41, 5.74) is 2.68. The van der Waals surface area contributed by atoms with Crippen LogP contribution in [0.15, 0.2) is 66.5 Å². The van der Waals surface area contributed by atoms with Crippen LogP contribution in [0.25, 0.3) is 5.65 Å². The Morgan fingerprint density at radius 2 is 2.14 bits per heavy atom. The Morgan fingerprint density at radius 1 is 1.25 bits per heavy atom. The molecule has 0 saturated carbocycles. The highest BCUT2D eigenvalue weighted by atomic mass is 19.1. The third kappa shape index (κ3) is 2.85. The molecule has 1 saturated heterocycles. The number of carbonyl (C=O) groups excluding carboxylic acids is 1. The average Bonchev–Trinajstić information content (AvgIpc) is 3.31. The van der Waals surface area contributed by atoms with Crippen LogP contribution in [0.5, 0.6) is 0 Å². The molecule has 3 aromatic rings. The molecule has 3 heterocycles. The van der Waals surface area contributed by atoms with Crippen molar-refractivity contribution < 1.29 is 9.18 Å². The van der Waals surface area contributed by atoms with E-state index in [0.717, 1.165) is 36.5 Å². The van der Waals surface area contributed by atoms with E-state index in [1.807, 2.05) is 36.4 Å². The first-order valence-corrected chi connectivity index (χ1v) is 9.26. The molecule has 7 heteroatoms. The molecule has 0 spiro atoms. The van der Waals surface area contributed by atoms with Gasteiger partial charge in [-0.05, 0) is 54.8 Å². The number of hydrogen-bond donors (Lipinski definition) is 1. The van der Waals surface area contributed by atoms with Crippen molar-refractivity contribution in [3.8, 4) is 0 Å². The summed E-state index contributed by atoms with van der Waals surface area (Å²) in [6.07, 6.45) is 8.97. The molecule has 2 aliphatic rings. The van der Waals surface area contributed by atoms with Crippen LogP contribution in [0, 0.1) is 5.82 Å². The number of nitrogens with one attached hydrogen (secondary N) is 1. The molecule has 0 radical (unpaired) electrons. The molecule has 2 aromatic heterocycles. The SMILES string of the molecule is O=C(NC1=CC=C1)c1cnc2ccc(N3CCC[C@@H]3c3cccc(F)c3)nn12. The lowest BCUT2D eigenvalue weighted by Crippen LogP contribution is -2.27. The number of allylic oxidation sites excluding steroid dienone is 3. The van der Waals surface area contributed by atoms with Gasteiger partial charge in [0.25, 0.3) is 5.91 Å². The summed E-state index contributed by atoms with van der Waals surface area (Å²) >= 11 is 0. The van der Waals surface area contributed by atoms with Gasteiger partial charge in [-0.3, -0.25) is 4.79 Å². The van der Waals surface area contributed by atoms with Crippen molar-refractivity contribution >= 4 is 17.4 Å². The molecule has 1 aliphatic heterocycles. The van der Waals surface area contributed by atoms with E-state index in [4.69, 9.17) is 0 Å². The predicted molar refractivity (Wildman–Crippen MR) is 103 cm³/mol. The minimum Gasteiger partial charge on any atom is -0.348 e. The van der Waals surface area contributed by atoms with E-state index in [9.17, 15) is 9.18 Å². The van der Waals surface area contributed by atoms with Crippen LogP contribution in [0.1, 0.15) is 34.9 Å². The lowest BCUT2D eigenvalue weighted by molar-refractivity contribution is 0.0960. The zero-order chi connectivity index (χ0) is 19.1. The standard InChI is InChI=1S/C21H18FN5O/c22-15-5-1-4-14(12-15)17-8-3-11-26(17)20-10-9-19-23-13-18(27(19)25-20)21(28)24-16-6-2-7-16/h1-2,4-7,9-10,12-13,17H,3,8,11H2,(H,24,28)/t17-/m1/s1. The quantitative estimate of drug-likeness (QED) is 0.759. The van der Waals surface area contributed by atoms with E-state index in [2.05, 4.69) is 20.3 Å². The van der Waals surface area contributed by atoms with Crippen LogP contribution in [-0.2, 0) is 0 Å². The van der Waals surface area contributed by atoms with Gasteiger partial charge in [-0.2, -0.15) is 0 Å². The monoisotopic (exact) mass is 375 g/mol. The maximum Gasteiger partial charge on any atom is 0.276 e. The van der Waals surface area contributed by atoms with Gasteiger partial charge in [0.15, 0.2) is 11.3 Å². The van der Waals surface area contributed by atoms with E-state index in [1.165, 1.54) is 12.3 Å². The first-order valence-electron chi connectivity index (χ1n) is 9.26. The van der Waals surface area contributed by atoms with E-state index >= 15 is 0 Å². The molecule has 0 unspecified atom stereocenters. The number of carbonyl (C=O) groups is 1. The molecule has 140 valence electrons. The highest BCUT2D eigenvalue weighted by Crippen LogP contribution is 2.35. The summed E-state index contributed by atoms with van der Waals surface area (Å²) in [5, 5.41) is 7.50. The van der Waals surface area contributed by atoms with Gasteiger partial charge >= 0.3 is 0 Å². The normalized spacial score (nSPS) is 18.2. The summed E-state index contributed by atoms with van der Waals surface area (Å²) in [4.78, 5) is 19.0. The Morgan fingerprint density at radius 3 is 2.93 bits per heavy atom. The summed E-state index contributed by atoms with van der Waals surface area (Å²) in [5.74, 6) is 0.255. The van der Waals surface area contributed by atoms with Crippen LogP contribution in [0.2, 0.25) is 0 Å². The average molecular weight is 375 g/mol. The predicted octanol–water partition coefficient (Wildman–Crippen LogP) is 3.39. The molecule has 1 aromatic carbocycles. The van der Waals surface area contributed by atoms with Crippen LogP contribution in [0.3, 0.4) is 0 Å². The van der Waals surface area contributed by atoms with E-state index < -0.39 is 0 Å². The minimum absolute atomic E-state index is 0.0618. The number of halogens is 1. The van der Waals surface area contributed by atoms with Crippen LogP contribution in [-0.4, -0.2) is 27.0 Å². The molecular formula is C21H18FN5O. The first-order chi connectivity index (χ1) is 13.7. The van der Waals surface area contributed by atoms with Crippen molar-refractivity contribution in [1.29, 1.82) is 0 Å². The number of rotatable bonds is 4. The Balaban J connectivity index is 1.48. The van der Waals surface area contributed by atoms with Crippen LogP contribution < -0.4 is 10.2 Å². The lowest BCUT2D eigenvalue weighted by atomic mass is 10.0. The summed E-state index contributed by atoms with van der Waals surface area (Å²) in [6.45, 7) is 0.827. The Hall–Kier alpha value is -3.48. The van der Waals surface area contributed by atoms with Gasteiger partial charge in [-0.15, -0.1) is 5.10 Å². The molecule has 1 aliphatic carbocycles. The van der Waals surface area contributed by atoms with Crippen molar-refractivity contribution in [1.82, 2.24) is 19.9 Å². The zero-order valence-electron chi connectivity index (χ0n) is 15.0. The van der Waals surface area contributed by atoms with Gasteiger partial charge in [-0.25, -0.2) is 13.9 Å². The van der Waals surface area contributed by atoms with Crippen molar-refractivity contribution in [3.05, 3.63) is 83.6 Å². The van der Waals surface area contributed by atoms with Gasteiger partial charge in [-0.1, -0.05) is 18.2 Å². The topological polar surface area (TPSA) is 62.5 Å². The molecule has 1 N–H and O–H groups in total. The number of benzene rings is 1. The fraction of sp³-hybridized carbons (Fsp3) is 0.190. The molecule has 1 amide bonds. The van der Waals surface area contributed by atoms with Gasteiger partial charge in [0, 0.05) is 12.2 Å². The maximum absolute atomic E-state index is 13.7. The fourth-order valence-corrected chi connectivity index (χ4v) is 3.74. The molecule has 0 bridgehead atoms. The molecule has 1 fully saturated rings. The number of amides is 1. The van der Waals surface area contributed by atoms with Gasteiger partial charge in [0.2, 0.25) is 0 Å². The zero-order valence-corrected chi connectivity index (χ0v) is 15.0. The van der Waals surface area contributed by atoms with Crippen molar-refractivity contribution in [2.75, 3.05) is 11.4 Å². The number of hydrogen-bond acceptors (Lipinski definition) is 4. The van der Waals surface area contributed by atoms with Gasteiger partial charge < -0.3 is 10.2 Å². The van der Waals surface area contributed by atoms with Crippen LogP contribution in [0.4, 0.5) is 10.2 Å². The molecular weight excluding hydrogens is 357 g/mol. The smallest absolute Gasteiger partial charge is 0.276 e. The number of imidazole rings is 1. The highest BCUT2D eigenvalue weighted by molar-refractivity contribution is 5.94. The lowest BCUT2D eigenvalue weighted by Gasteiger charge is -2.26. The van der Waals surface area contributed by atoms with E-state index in [0.29, 0.717) is 11.3 Å². The Kier molecular flexibility index (Phi) is 3.93. The van der Waals surface area contributed by atoms with Gasteiger partial charge in [0.1, 0.15) is 11.6 Å². The minimum atomic E-state index is -0.254. The number of nitrogens with zero attached hydrogens (tertiary/aromatic N) is 4. The number of aromatic nitrogens is 3. The molecule has 5 rings (SSSR count). The third-order valence-electron chi connectivity index (χ3n) is 5.17. The van der Waals surface area contributed by atoms with E-state index in [-0.39, 0.29) is 17.8 Å². The first kappa shape index (κ1) is 16.7. The van der Waals surface area contributed by atoms with Crippen molar-refractivity contribution in [2.24, 2.45) is 0 Å². The third-order valence-corrected chi connectivity index (χ3v) is 5.17.